The summed E-state index contributed by atoms with van der Waals surface area (Å²) in [6.07, 6.45) is 0.735. The van der Waals surface area contributed by atoms with Crippen molar-refractivity contribution < 1.29 is 22.7 Å². The van der Waals surface area contributed by atoms with Gasteiger partial charge in [0.25, 0.3) is 10.0 Å². The van der Waals surface area contributed by atoms with Crippen LogP contribution in [0.4, 0.5) is 4.39 Å². The van der Waals surface area contributed by atoms with Gasteiger partial charge in [-0.05, 0) is 25.0 Å². The van der Waals surface area contributed by atoms with E-state index in [9.17, 15) is 17.6 Å². The average Bonchev–Trinajstić information content (AvgIpc) is 2.74. The second kappa shape index (κ2) is 4.04. The van der Waals surface area contributed by atoms with Crippen molar-refractivity contribution >= 4 is 27.3 Å². The van der Waals surface area contributed by atoms with Gasteiger partial charge in [-0.25, -0.2) is 13.1 Å². The molecule has 2 N–H and O–H groups in total. The van der Waals surface area contributed by atoms with E-state index in [0.29, 0.717) is 24.2 Å². The normalized spacial score (nSPS) is 17.9. The van der Waals surface area contributed by atoms with Crippen LogP contribution in [-0.2, 0) is 14.8 Å². The van der Waals surface area contributed by atoms with E-state index in [1.807, 2.05) is 0 Å². The molecule has 5 nitrogen and oxygen atoms in total. The van der Waals surface area contributed by atoms with Gasteiger partial charge in [0.1, 0.15) is 4.21 Å². The minimum absolute atomic E-state index is 0.133. The Kier molecular flexibility index (Phi) is 2.96. The van der Waals surface area contributed by atoms with Gasteiger partial charge >= 0.3 is 5.97 Å². The quantitative estimate of drug-likeness (QED) is 0.847. The first kappa shape index (κ1) is 12.5. The van der Waals surface area contributed by atoms with Gasteiger partial charge in [0.15, 0.2) is 5.13 Å². The molecule has 1 aliphatic rings. The second-order valence-corrected chi connectivity index (χ2v) is 6.96. The lowest BCUT2D eigenvalue weighted by atomic mass is 10.2. The number of nitrogens with one attached hydrogen (secondary N) is 1. The van der Waals surface area contributed by atoms with Crippen molar-refractivity contribution in [1.82, 2.24) is 4.72 Å². The number of carbonyl (C=O) groups is 1. The molecule has 1 heterocycles. The van der Waals surface area contributed by atoms with E-state index in [4.69, 9.17) is 5.11 Å². The molecule has 2 rings (SSSR count). The van der Waals surface area contributed by atoms with Crippen LogP contribution in [-0.4, -0.2) is 25.0 Å². The van der Waals surface area contributed by atoms with Crippen molar-refractivity contribution in [3.8, 4) is 0 Å². The molecule has 0 aromatic carbocycles. The van der Waals surface area contributed by atoms with Crippen LogP contribution in [0.25, 0.3) is 0 Å². The molecule has 17 heavy (non-hydrogen) atoms. The van der Waals surface area contributed by atoms with E-state index in [2.05, 4.69) is 4.72 Å². The van der Waals surface area contributed by atoms with Gasteiger partial charge in [0, 0.05) is 5.54 Å². The monoisotopic (exact) mass is 279 g/mol. The first-order chi connectivity index (χ1) is 7.83. The Hall–Kier alpha value is -0.990. The fraction of sp³-hybridized carbons (Fsp3) is 0.444. The summed E-state index contributed by atoms with van der Waals surface area (Å²) in [5, 5.41) is 8.08. The molecule has 0 atom stereocenters. The van der Waals surface area contributed by atoms with Crippen LogP contribution in [0.3, 0.4) is 0 Å². The Morgan fingerprint density at radius 1 is 1.53 bits per heavy atom. The third kappa shape index (κ3) is 2.82. The summed E-state index contributed by atoms with van der Waals surface area (Å²) in [7, 11) is -3.82. The summed E-state index contributed by atoms with van der Waals surface area (Å²) in [6, 6.07) is 2.23. The van der Waals surface area contributed by atoms with E-state index in [-0.39, 0.29) is 10.6 Å². The number of hydrogen-bond acceptors (Lipinski definition) is 4. The zero-order chi connectivity index (χ0) is 12.7. The highest BCUT2D eigenvalue weighted by atomic mass is 32.2. The molecule has 1 aliphatic carbocycles. The number of sulfonamides is 1. The largest absolute Gasteiger partial charge is 0.481 e. The number of hydrogen-bond donors (Lipinski definition) is 2. The second-order valence-electron chi connectivity index (χ2n) is 4.01. The van der Waals surface area contributed by atoms with Crippen LogP contribution in [0.1, 0.15) is 19.3 Å². The van der Waals surface area contributed by atoms with Crippen molar-refractivity contribution in [1.29, 1.82) is 0 Å². The fourth-order valence-electron chi connectivity index (χ4n) is 1.53. The van der Waals surface area contributed by atoms with Crippen molar-refractivity contribution in [3.05, 3.63) is 17.3 Å². The van der Waals surface area contributed by atoms with Crippen LogP contribution in [0.15, 0.2) is 16.3 Å². The summed E-state index contributed by atoms with van der Waals surface area (Å²) in [4.78, 5) is 10.6. The van der Waals surface area contributed by atoms with E-state index < -0.39 is 26.7 Å². The standard InChI is InChI=1S/C9H10FNO4S2/c10-6-1-2-8(16-6)17(14,15)11-9(3-4-9)5-7(12)13/h1-2,11H,3-5H2,(H,12,13). The van der Waals surface area contributed by atoms with Crippen LogP contribution >= 0.6 is 11.3 Å². The molecule has 0 bridgehead atoms. The molecule has 0 amide bonds. The maximum atomic E-state index is 12.7. The first-order valence-corrected chi connectivity index (χ1v) is 7.14. The average molecular weight is 279 g/mol. The van der Waals surface area contributed by atoms with E-state index >= 15 is 0 Å². The molecule has 94 valence electrons. The highest BCUT2D eigenvalue weighted by Crippen LogP contribution is 2.40. The van der Waals surface area contributed by atoms with Crippen molar-refractivity contribution in [2.75, 3.05) is 0 Å². The van der Waals surface area contributed by atoms with Gasteiger partial charge in [0.05, 0.1) is 6.42 Å². The molecule has 0 aliphatic heterocycles. The predicted octanol–water partition coefficient (Wildman–Crippen LogP) is 1.17. The topological polar surface area (TPSA) is 83.5 Å². The number of rotatable bonds is 5. The summed E-state index contributed by atoms with van der Waals surface area (Å²) < 4.78 is 38.6. The minimum Gasteiger partial charge on any atom is -0.481 e. The van der Waals surface area contributed by atoms with Crippen LogP contribution in [0.5, 0.6) is 0 Å². The van der Waals surface area contributed by atoms with Crippen LogP contribution in [0, 0.1) is 5.13 Å². The van der Waals surface area contributed by atoms with Crippen LogP contribution < -0.4 is 4.72 Å². The summed E-state index contributed by atoms with van der Waals surface area (Å²) >= 11 is 0.517. The number of carboxylic acids is 1. The Morgan fingerprint density at radius 2 is 2.18 bits per heavy atom. The molecule has 8 heteroatoms. The number of carboxylic acid groups (broad SMARTS) is 1. The molecule has 0 unspecified atom stereocenters. The van der Waals surface area contributed by atoms with E-state index in [1.165, 1.54) is 6.07 Å². The van der Waals surface area contributed by atoms with Gasteiger partial charge in [0.2, 0.25) is 0 Å². The van der Waals surface area contributed by atoms with E-state index in [1.54, 1.807) is 0 Å². The molecule has 0 spiro atoms. The Balaban J connectivity index is 2.16. The van der Waals surface area contributed by atoms with Gasteiger partial charge in [-0.3, -0.25) is 4.79 Å². The molecule has 1 fully saturated rings. The van der Waals surface area contributed by atoms with Crippen molar-refractivity contribution in [2.45, 2.75) is 29.0 Å². The zero-order valence-electron chi connectivity index (χ0n) is 8.64. The minimum atomic E-state index is -3.82. The summed E-state index contributed by atoms with van der Waals surface area (Å²) in [6.45, 7) is 0. The molecule has 1 aromatic rings. The fourth-order valence-corrected chi connectivity index (χ4v) is 3.99. The summed E-state index contributed by atoms with van der Waals surface area (Å²) in [5.41, 5.74) is -0.884. The van der Waals surface area contributed by atoms with Crippen molar-refractivity contribution in [3.63, 3.8) is 0 Å². The SMILES string of the molecule is O=C(O)CC1(NS(=O)(=O)c2ccc(F)s2)CC1. The maximum absolute atomic E-state index is 12.7. The first-order valence-electron chi connectivity index (χ1n) is 4.84. The van der Waals surface area contributed by atoms with Crippen molar-refractivity contribution in [2.24, 2.45) is 0 Å². The predicted molar refractivity (Wildman–Crippen MR) is 58.8 cm³/mol. The zero-order valence-corrected chi connectivity index (χ0v) is 10.3. The summed E-state index contributed by atoms with van der Waals surface area (Å²) in [5.74, 6) is -1.05. The maximum Gasteiger partial charge on any atom is 0.305 e. The number of aliphatic carboxylic acids is 1. The van der Waals surface area contributed by atoms with Gasteiger partial charge < -0.3 is 5.11 Å². The molecule has 0 saturated heterocycles. The van der Waals surface area contributed by atoms with Crippen LogP contribution in [0.2, 0.25) is 0 Å². The lowest BCUT2D eigenvalue weighted by Gasteiger charge is -2.14. The number of thiophene rings is 1. The molecule has 1 aromatic heterocycles. The highest BCUT2D eigenvalue weighted by Gasteiger charge is 2.47. The lowest BCUT2D eigenvalue weighted by molar-refractivity contribution is -0.137. The van der Waals surface area contributed by atoms with E-state index in [0.717, 1.165) is 6.07 Å². The Bertz CT molecular complexity index is 547. The van der Waals surface area contributed by atoms with Gasteiger partial charge in [-0.15, -0.1) is 0 Å². The Morgan fingerprint density at radius 3 is 2.59 bits per heavy atom. The smallest absolute Gasteiger partial charge is 0.305 e. The lowest BCUT2D eigenvalue weighted by Crippen LogP contribution is -2.38. The van der Waals surface area contributed by atoms with Gasteiger partial charge in [-0.1, -0.05) is 11.3 Å². The third-order valence-corrected chi connectivity index (χ3v) is 5.45. The Labute approximate surface area is 101 Å². The third-order valence-electron chi connectivity index (χ3n) is 2.51. The molecular weight excluding hydrogens is 269 g/mol. The number of halogens is 1. The molecule has 0 radical (unpaired) electrons. The molecular formula is C9H10FNO4S2. The molecule has 1 saturated carbocycles. The highest BCUT2D eigenvalue weighted by molar-refractivity contribution is 7.91. The van der Waals surface area contributed by atoms with Gasteiger partial charge in [-0.2, -0.15) is 4.39 Å².